The Morgan fingerprint density at radius 1 is 0.968 bits per heavy atom. The van der Waals surface area contributed by atoms with Crippen LogP contribution in [-0.2, 0) is 0 Å². The lowest BCUT2D eigenvalue weighted by Gasteiger charge is -2.41. The van der Waals surface area contributed by atoms with E-state index in [1.54, 1.807) is 0 Å². The topological polar surface area (TPSA) is 59.0 Å². The van der Waals surface area contributed by atoms with Crippen LogP contribution in [0, 0.1) is 11.3 Å². The second kappa shape index (κ2) is 8.95. The lowest BCUT2D eigenvalue weighted by molar-refractivity contribution is 0.148. The number of hydrogen-bond acceptors (Lipinski definition) is 4. The Kier molecular flexibility index (Phi) is 5.73. The van der Waals surface area contributed by atoms with Gasteiger partial charge in [0.25, 0.3) is 0 Å². The molecule has 0 radical (unpaired) electrons. The van der Waals surface area contributed by atoms with E-state index < -0.39 is 0 Å². The highest BCUT2D eigenvalue weighted by Crippen LogP contribution is 2.26. The highest BCUT2D eigenvalue weighted by Gasteiger charge is 2.25. The molecule has 2 fully saturated rings. The van der Waals surface area contributed by atoms with Crippen LogP contribution in [-0.4, -0.2) is 47.1 Å². The van der Waals surface area contributed by atoms with Crippen LogP contribution in [0.1, 0.15) is 43.5 Å². The molecule has 1 saturated carbocycles. The number of nitrogens with zero attached hydrogens (tertiary/aromatic N) is 4. The number of imidazole rings is 1. The first-order valence-corrected chi connectivity index (χ1v) is 11.5. The summed E-state index contributed by atoms with van der Waals surface area (Å²) in [5, 5.41) is 9.67. The normalized spacial score (nSPS) is 18.9. The van der Waals surface area contributed by atoms with Crippen LogP contribution in [0.3, 0.4) is 0 Å². The molecular weight excluding hydrogens is 382 g/mol. The van der Waals surface area contributed by atoms with Gasteiger partial charge in [-0.25, -0.2) is 4.98 Å². The number of rotatable bonds is 4. The van der Waals surface area contributed by atoms with Gasteiger partial charge in [0, 0.05) is 37.9 Å². The first-order chi connectivity index (χ1) is 15.3. The molecule has 31 heavy (non-hydrogen) atoms. The van der Waals surface area contributed by atoms with Crippen LogP contribution < -0.4 is 4.90 Å². The largest absolute Gasteiger partial charge is 0.369 e. The number of aromatic amines is 1. The van der Waals surface area contributed by atoms with Crippen molar-refractivity contribution < 1.29 is 0 Å². The van der Waals surface area contributed by atoms with Gasteiger partial charge in [0.15, 0.2) is 0 Å². The summed E-state index contributed by atoms with van der Waals surface area (Å²) in [6.45, 7) is 4.51. The zero-order chi connectivity index (χ0) is 21.0. The van der Waals surface area contributed by atoms with Crippen LogP contribution in [0.15, 0.2) is 48.5 Å². The van der Waals surface area contributed by atoms with E-state index in [4.69, 9.17) is 0 Å². The molecule has 158 valence electrons. The molecule has 5 heteroatoms. The third kappa shape index (κ3) is 4.35. The maximum atomic E-state index is 9.67. The Labute approximate surface area is 184 Å². The van der Waals surface area contributed by atoms with Crippen LogP contribution in [0.25, 0.3) is 22.7 Å². The van der Waals surface area contributed by atoms with Crippen molar-refractivity contribution in [3.63, 3.8) is 0 Å². The molecule has 0 unspecified atom stereocenters. The van der Waals surface area contributed by atoms with E-state index in [0.717, 1.165) is 48.8 Å². The molecule has 1 aliphatic heterocycles. The molecule has 0 bridgehead atoms. The average Bonchev–Trinajstić information content (AvgIpc) is 3.28. The van der Waals surface area contributed by atoms with Gasteiger partial charge in [0.2, 0.25) is 0 Å². The number of aromatic nitrogens is 2. The molecule has 1 saturated heterocycles. The summed E-state index contributed by atoms with van der Waals surface area (Å²) in [6, 6.07) is 19.5. The first kappa shape index (κ1) is 19.8. The molecular formula is C26H29N5. The fourth-order valence-electron chi connectivity index (χ4n) is 4.97. The smallest absolute Gasteiger partial charge is 0.149 e. The monoisotopic (exact) mass is 411 g/mol. The van der Waals surface area contributed by atoms with Crippen molar-refractivity contribution in [2.75, 3.05) is 31.1 Å². The molecule has 1 aliphatic carbocycles. The number of para-hydroxylation sites is 2. The van der Waals surface area contributed by atoms with Crippen LogP contribution in [0.2, 0.25) is 0 Å². The number of fused-ring (bicyclic) bond motifs is 1. The molecule has 1 aromatic heterocycles. The van der Waals surface area contributed by atoms with Gasteiger partial charge in [-0.15, -0.1) is 0 Å². The van der Waals surface area contributed by atoms with Crippen molar-refractivity contribution in [3.05, 3.63) is 59.9 Å². The summed E-state index contributed by atoms with van der Waals surface area (Å²) in [4.78, 5) is 13.0. The minimum Gasteiger partial charge on any atom is -0.369 e. The number of benzene rings is 2. The predicted octanol–water partition coefficient (Wildman–Crippen LogP) is 5.08. The number of nitriles is 1. The highest BCUT2D eigenvalue weighted by molar-refractivity contribution is 5.90. The third-order valence-corrected chi connectivity index (χ3v) is 6.74. The molecule has 0 atom stereocenters. The maximum Gasteiger partial charge on any atom is 0.149 e. The molecule has 5 nitrogen and oxygen atoms in total. The third-order valence-electron chi connectivity index (χ3n) is 6.74. The average molecular weight is 412 g/mol. The molecule has 3 aromatic rings. The summed E-state index contributed by atoms with van der Waals surface area (Å²) < 4.78 is 0. The van der Waals surface area contributed by atoms with E-state index in [1.165, 1.54) is 37.8 Å². The van der Waals surface area contributed by atoms with Crippen molar-refractivity contribution in [3.8, 4) is 6.07 Å². The van der Waals surface area contributed by atoms with Crippen LogP contribution in [0.4, 0.5) is 5.69 Å². The van der Waals surface area contributed by atoms with Crippen molar-refractivity contribution in [1.29, 1.82) is 5.26 Å². The van der Waals surface area contributed by atoms with Gasteiger partial charge in [0.05, 0.1) is 16.6 Å². The Balaban J connectivity index is 1.26. The lowest BCUT2D eigenvalue weighted by atomic mass is 9.94. The van der Waals surface area contributed by atoms with Gasteiger partial charge in [-0.3, -0.25) is 4.90 Å². The molecule has 2 aliphatic rings. The van der Waals surface area contributed by atoms with Crippen molar-refractivity contribution in [2.45, 2.75) is 38.1 Å². The molecule has 1 N–H and O–H groups in total. The van der Waals surface area contributed by atoms with Gasteiger partial charge in [0.1, 0.15) is 11.9 Å². The first-order valence-electron chi connectivity index (χ1n) is 11.5. The number of hydrogen-bond donors (Lipinski definition) is 1. The molecule has 5 rings (SSSR count). The second-order valence-corrected chi connectivity index (χ2v) is 8.68. The van der Waals surface area contributed by atoms with Crippen molar-refractivity contribution >= 4 is 28.4 Å². The van der Waals surface area contributed by atoms with E-state index in [1.807, 2.05) is 30.3 Å². The van der Waals surface area contributed by atoms with E-state index in [9.17, 15) is 5.26 Å². The van der Waals surface area contributed by atoms with Crippen LogP contribution >= 0.6 is 0 Å². The van der Waals surface area contributed by atoms with Gasteiger partial charge in [-0.1, -0.05) is 43.5 Å². The maximum absolute atomic E-state index is 9.67. The second-order valence-electron chi connectivity index (χ2n) is 8.68. The fraction of sp³-hybridized carbons (Fsp3) is 0.385. The van der Waals surface area contributed by atoms with E-state index in [-0.39, 0.29) is 0 Å². The SMILES string of the molecule is N#C/C(=C\c1ccc(N2CCN(C3CCCCC3)CC2)cc1)c1nc2ccccc2[nH]1. The Bertz CT molecular complexity index is 1060. The van der Waals surface area contributed by atoms with Crippen LogP contribution in [0.5, 0.6) is 0 Å². The number of allylic oxidation sites excluding steroid dienone is 1. The summed E-state index contributed by atoms with van der Waals surface area (Å²) in [5.74, 6) is 0.617. The van der Waals surface area contributed by atoms with Crippen molar-refractivity contribution in [1.82, 2.24) is 14.9 Å². The standard InChI is InChI=1S/C26H29N5/c27-19-21(26-28-24-8-4-5-9-25(24)29-26)18-20-10-12-23(13-11-20)31-16-14-30(15-17-31)22-6-2-1-3-7-22/h4-5,8-13,18,22H,1-3,6-7,14-17H2,(H,28,29)/b21-18+. The minimum absolute atomic E-state index is 0.546. The number of H-pyrrole nitrogens is 1. The summed E-state index contributed by atoms with van der Waals surface area (Å²) in [7, 11) is 0. The molecule has 0 spiro atoms. The van der Waals surface area contributed by atoms with Crippen molar-refractivity contribution in [2.24, 2.45) is 0 Å². The van der Waals surface area contributed by atoms with Gasteiger partial charge in [-0.05, 0) is 48.7 Å². The van der Waals surface area contributed by atoms with Gasteiger partial charge >= 0.3 is 0 Å². The van der Waals surface area contributed by atoms with E-state index in [2.05, 4.69) is 50.1 Å². The molecule has 2 heterocycles. The number of piperazine rings is 1. The Hall–Kier alpha value is -3.10. The Morgan fingerprint density at radius 2 is 1.71 bits per heavy atom. The van der Waals surface area contributed by atoms with Gasteiger partial charge in [-0.2, -0.15) is 5.26 Å². The predicted molar refractivity (Wildman–Crippen MR) is 127 cm³/mol. The zero-order valence-electron chi connectivity index (χ0n) is 17.9. The fourth-order valence-corrected chi connectivity index (χ4v) is 4.97. The van der Waals surface area contributed by atoms with E-state index >= 15 is 0 Å². The quantitative estimate of drug-likeness (QED) is 0.608. The number of anilines is 1. The summed E-state index contributed by atoms with van der Waals surface area (Å²) >= 11 is 0. The molecule has 2 aromatic carbocycles. The minimum atomic E-state index is 0.546. The lowest BCUT2D eigenvalue weighted by Crippen LogP contribution is -2.50. The number of nitrogens with one attached hydrogen (secondary N) is 1. The van der Waals surface area contributed by atoms with Gasteiger partial charge < -0.3 is 9.88 Å². The highest BCUT2D eigenvalue weighted by atomic mass is 15.3. The zero-order valence-corrected chi connectivity index (χ0v) is 17.9. The summed E-state index contributed by atoms with van der Waals surface area (Å²) in [5.41, 5.74) is 4.65. The summed E-state index contributed by atoms with van der Waals surface area (Å²) in [6.07, 6.45) is 8.89. The van der Waals surface area contributed by atoms with E-state index in [0.29, 0.717) is 11.4 Å². The molecule has 0 amide bonds. The Morgan fingerprint density at radius 3 is 2.42 bits per heavy atom.